The highest BCUT2D eigenvalue weighted by molar-refractivity contribution is 7.16. The molecular formula is C13H19NO3S. The van der Waals surface area contributed by atoms with Crippen LogP contribution in [0.25, 0.3) is 0 Å². The summed E-state index contributed by atoms with van der Waals surface area (Å²) in [4.78, 5) is 24.5. The number of ether oxygens (including phenoxy) is 1. The molecule has 0 aliphatic rings. The topological polar surface area (TPSA) is 55.4 Å². The Hall–Kier alpha value is -1.36. The fraction of sp³-hybridized carbons (Fsp3) is 0.538. The van der Waals surface area contributed by atoms with Crippen LogP contribution in [0.5, 0.6) is 0 Å². The quantitative estimate of drug-likeness (QED) is 0.853. The van der Waals surface area contributed by atoms with E-state index in [1.54, 1.807) is 20.8 Å². The molecule has 1 aromatic rings. The first kappa shape index (κ1) is 14.7. The third-order valence-electron chi connectivity index (χ3n) is 2.51. The zero-order valence-electron chi connectivity index (χ0n) is 11.4. The van der Waals surface area contributed by atoms with Crippen LogP contribution in [-0.4, -0.2) is 18.0 Å². The average molecular weight is 269 g/mol. The molecule has 0 fully saturated rings. The summed E-state index contributed by atoms with van der Waals surface area (Å²) in [6.07, 6.45) is 0.209. The number of hydrogen-bond acceptors (Lipinski definition) is 4. The summed E-state index contributed by atoms with van der Waals surface area (Å²) in [7, 11) is 0. The molecule has 0 aliphatic heterocycles. The second-order valence-electron chi connectivity index (χ2n) is 4.34. The van der Waals surface area contributed by atoms with Gasteiger partial charge in [-0.05, 0) is 33.3 Å². The zero-order chi connectivity index (χ0) is 13.9. The van der Waals surface area contributed by atoms with Crippen molar-refractivity contribution >= 4 is 28.2 Å². The Morgan fingerprint density at radius 2 is 1.94 bits per heavy atom. The Morgan fingerprint density at radius 1 is 1.33 bits per heavy atom. The van der Waals surface area contributed by atoms with Crippen molar-refractivity contribution in [3.63, 3.8) is 0 Å². The number of hydrogen-bond donors (Lipinski definition) is 1. The van der Waals surface area contributed by atoms with Gasteiger partial charge in [-0.3, -0.25) is 4.79 Å². The van der Waals surface area contributed by atoms with Crippen molar-refractivity contribution in [3.05, 3.63) is 16.0 Å². The molecule has 5 heteroatoms. The standard InChI is InChI=1S/C13H19NO3S/c1-6-10(15)14-12-11(8(4)9(5)18-12)13(16)17-7(2)3/h7H,6H2,1-5H3,(H,14,15). The van der Waals surface area contributed by atoms with Crippen LogP contribution in [0.3, 0.4) is 0 Å². The van der Waals surface area contributed by atoms with Gasteiger partial charge < -0.3 is 10.1 Å². The fourth-order valence-electron chi connectivity index (χ4n) is 1.45. The van der Waals surface area contributed by atoms with Crippen molar-refractivity contribution in [3.8, 4) is 0 Å². The second kappa shape index (κ2) is 6.00. The lowest BCUT2D eigenvalue weighted by Crippen LogP contribution is -2.16. The van der Waals surface area contributed by atoms with Crippen molar-refractivity contribution in [1.82, 2.24) is 0 Å². The van der Waals surface area contributed by atoms with Crippen LogP contribution in [0, 0.1) is 13.8 Å². The van der Waals surface area contributed by atoms with E-state index in [-0.39, 0.29) is 18.0 Å². The number of carbonyl (C=O) groups is 2. The van der Waals surface area contributed by atoms with Gasteiger partial charge in [-0.25, -0.2) is 4.79 Å². The van der Waals surface area contributed by atoms with E-state index in [9.17, 15) is 9.59 Å². The van der Waals surface area contributed by atoms with Gasteiger partial charge in [0, 0.05) is 11.3 Å². The second-order valence-corrected chi connectivity index (χ2v) is 5.57. The molecule has 0 aliphatic carbocycles. The Bertz CT molecular complexity index is 463. The summed E-state index contributed by atoms with van der Waals surface area (Å²) in [5.74, 6) is -0.479. The number of rotatable bonds is 4. The molecule has 0 radical (unpaired) electrons. The Balaban J connectivity index is 3.08. The van der Waals surface area contributed by atoms with Crippen molar-refractivity contribution in [2.75, 3.05) is 5.32 Å². The number of esters is 1. The van der Waals surface area contributed by atoms with Crippen LogP contribution in [0.2, 0.25) is 0 Å². The fourth-order valence-corrected chi connectivity index (χ4v) is 2.51. The van der Waals surface area contributed by atoms with Crippen LogP contribution in [0.15, 0.2) is 0 Å². The predicted octanol–water partition coefficient (Wildman–Crippen LogP) is 3.28. The van der Waals surface area contributed by atoms with Crippen molar-refractivity contribution in [2.24, 2.45) is 0 Å². The lowest BCUT2D eigenvalue weighted by atomic mass is 10.1. The lowest BCUT2D eigenvalue weighted by Gasteiger charge is -2.10. The molecule has 1 rings (SSSR count). The largest absolute Gasteiger partial charge is 0.459 e. The summed E-state index contributed by atoms with van der Waals surface area (Å²) in [6.45, 7) is 9.17. The van der Waals surface area contributed by atoms with E-state index in [0.29, 0.717) is 17.0 Å². The molecule has 4 nitrogen and oxygen atoms in total. The van der Waals surface area contributed by atoms with Gasteiger partial charge in [-0.1, -0.05) is 6.92 Å². The molecule has 0 unspecified atom stereocenters. The van der Waals surface area contributed by atoms with Crippen LogP contribution >= 0.6 is 11.3 Å². The van der Waals surface area contributed by atoms with E-state index < -0.39 is 0 Å². The highest BCUT2D eigenvalue weighted by atomic mass is 32.1. The molecule has 1 N–H and O–H groups in total. The molecule has 18 heavy (non-hydrogen) atoms. The van der Waals surface area contributed by atoms with Crippen molar-refractivity contribution in [2.45, 2.75) is 47.1 Å². The van der Waals surface area contributed by atoms with Crippen LogP contribution in [-0.2, 0) is 9.53 Å². The van der Waals surface area contributed by atoms with Gasteiger partial charge >= 0.3 is 5.97 Å². The molecule has 0 aromatic carbocycles. The maximum atomic E-state index is 12.0. The summed E-state index contributed by atoms with van der Waals surface area (Å²) in [6, 6.07) is 0. The maximum Gasteiger partial charge on any atom is 0.341 e. The molecule has 0 saturated heterocycles. The van der Waals surface area contributed by atoms with Gasteiger partial charge in [-0.2, -0.15) is 0 Å². The van der Waals surface area contributed by atoms with Gasteiger partial charge in [0.15, 0.2) is 0 Å². The minimum Gasteiger partial charge on any atom is -0.459 e. The summed E-state index contributed by atoms with van der Waals surface area (Å²) >= 11 is 1.41. The van der Waals surface area contributed by atoms with Crippen molar-refractivity contribution in [1.29, 1.82) is 0 Å². The number of anilines is 1. The smallest absolute Gasteiger partial charge is 0.341 e. The third-order valence-corrected chi connectivity index (χ3v) is 3.63. The monoisotopic (exact) mass is 269 g/mol. The number of carbonyl (C=O) groups excluding carboxylic acids is 2. The number of nitrogens with one attached hydrogen (secondary N) is 1. The minimum absolute atomic E-state index is 0.102. The zero-order valence-corrected chi connectivity index (χ0v) is 12.2. The third kappa shape index (κ3) is 3.32. The number of thiophene rings is 1. The average Bonchev–Trinajstić information content (AvgIpc) is 2.53. The highest BCUT2D eigenvalue weighted by Gasteiger charge is 2.22. The van der Waals surface area contributed by atoms with Gasteiger partial charge in [0.1, 0.15) is 5.00 Å². The van der Waals surface area contributed by atoms with Crippen molar-refractivity contribution < 1.29 is 14.3 Å². The molecule has 100 valence electrons. The Kier molecular flexibility index (Phi) is 4.90. The molecule has 1 heterocycles. The van der Waals surface area contributed by atoms with E-state index in [2.05, 4.69) is 5.32 Å². The van der Waals surface area contributed by atoms with Gasteiger partial charge in [0.2, 0.25) is 5.91 Å². The predicted molar refractivity (Wildman–Crippen MR) is 73.3 cm³/mol. The van der Waals surface area contributed by atoms with Crippen LogP contribution < -0.4 is 5.32 Å². The molecular weight excluding hydrogens is 250 g/mol. The lowest BCUT2D eigenvalue weighted by molar-refractivity contribution is -0.115. The van der Waals surface area contributed by atoms with Gasteiger partial charge in [-0.15, -0.1) is 11.3 Å². The minimum atomic E-state index is -0.377. The van der Waals surface area contributed by atoms with Gasteiger partial charge in [0.05, 0.1) is 11.7 Å². The van der Waals surface area contributed by atoms with Crippen LogP contribution in [0.4, 0.5) is 5.00 Å². The number of amides is 1. The first-order chi connectivity index (χ1) is 8.36. The molecule has 0 spiro atoms. The number of aryl methyl sites for hydroxylation is 1. The van der Waals surface area contributed by atoms with E-state index in [1.165, 1.54) is 11.3 Å². The SMILES string of the molecule is CCC(=O)Nc1sc(C)c(C)c1C(=O)OC(C)C. The van der Waals surface area contributed by atoms with Crippen LogP contribution in [0.1, 0.15) is 48.0 Å². The molecule has 1 amide bonds. The molecule has 1 aromatic heterocycles. The summed E-state index contributed by atoms with van der Waals surface area (Å²) in [5.41, 5.74) is 1.35. The first-order valence-corrected chi connectivity index (χ1v) is 6.79. The maximum absolute atomic E-state index is 12.0. The normalized spacial score (nSPS) is 10.6. The van der Waals surface area contributed by atoms with E-state index >= 15 is 0 Å². The highest BCUT2D eigenvalue weighted by Crippen LogP contribution is 2.33. The van der Waals surface area contributed by atoms with E-state index in [4.69, 9.17) is 4.74 Å². The molecule has 0 atom stereocenters. The van der Waals surface area contributed by atoms with E-state index in [0.717, 1.165) is 10.4 Å². The first-order valence-electron chi connectivity index (χ1n) is 5.97. The van der Waals surface area contributed by atoms with Gasteiger partial charge in [0.25, 0.3) is 0 Å². The summed E-state index contributed by atoms with van der Waals surface area (Å²) < 4.78 is 5.20. The Morgan fingerprint density at radius 3 is 2.44 bits per heavy atom. The molecule has 0 saturated carbocycles. The Labute approximate surface area is 111 Å². The summed E-state index contributed by atoms with van der Waals surface area (Å²) in [5, 5.41) is 3.34. The molecule has 0 bridgehead atoms. The van der Waals surface area contributed by atoms with E-state index in [1.807, 2.05) is 13.8 Å².